The molecule has 0 atom stereocenters. The van der Waals surface area contributed by atoms with E-state index in [1.54, 1.807) is 0 Å². The number of carbonyl (C=O) groups is 1. The first-order valence-corrected chi connectivity index (χ1v) is 7.47. The van der Waals surface area contributed by atoms with Crippen molar-refractivity contribution in [3.63, 3.8) is 0 Å². The van der Waals surface area contributed by atoms with Gasteiger partial charge in [0.15, 0.2) is 0 Å². The molecule has 2 aromatic rings. The number of hydrogen-bond donors (Lipinski definition) is 1. The Morgan fingerprint density at radius 3 is 2.52 bits per heavy atom. The molecule has 1 amide bonds. The van der Waals surface area contributed by atoms with Crippen LogP contribution in [0.4, 0.5) is 0 Å². The molecule has 2 aromatic carbocycles. The second-order valence-electron chi connectivity index (χ2n) is 5.67. The number of aryl methyl sites for hydroxylation is 4. The van der Waals surface area contributed by atoms with Crippen LogP contribution in [-0.2, 0) is 6.42 Å². The Morgan fingerprint density at radius 1 is 1.00 bits per heavy atom. The summed E-state index contributed by atoms with van der Waals surface area (Å²) in [7, 11) is 0. The maximum Gasteiger partial charge on any atom is 0.251 e. The molecular weight excluding hydrogens is 258 g/mol. The molecule has 110 valence electrons. The lowest BCUT2D eigenvalue weighted by Crippen LogP contribution is -2.25. The Bertz CT molecular complexity index is 631. The molecule has 2 rings (SSSR count). The highest BCUT2D eigenvalue weighted by Gasteiger charge is 2.08. The highest BCUT2D eigenvalue weighted by Crippen LogP contribution is 2.10. The van der Waals surface area contributed by atoms with E-state index in [1.165, 1.54) is 11.1 Å². The molecule has 0 fully saturated rings. The number of rotatable bonds is 5. The van der Waals surface area contributed by atoms with Crippen LogP contribution in [0.2, 0.25) is 0 Å². The van der Waals surface area contributed by atoms with Gasteiger partial charge in [0.2, 0.25) is 0 Å². The zero-order valence-electron chi connectivity index (χ0n) is 13.1. The fourth-order valence-corrected chi connectivity index (χ4v) is 2.44. The van der Waals surface area contributed by atoms with Gasteiger partial charge in [0, 0.05) is 12.1 Å². The Kier molecular flexibility index (Phi) is 5.15. The minimum Gasteiger partial charge on any atom is -0.352 e. The molecule has 0 unspecified atom stereocenters. The number of hydrogen-bond acceptors (Lipinski definition) is 1. The summed E-state index contributed by atoms with van der Waals surface area (Å²) >= 11 is 0. The van der Waals surface area contributed by atoms with Crippen LogP contribution in [0.5, 0.6) is 0 Å². The predicted octanol–water partition coefficient (Wildman–Crippen LogP) is 3.97. The molecule has 0 aliphatic heterocycles. The summed E-state index contributed by atoms with van der Waals surface area (Å²) in [6.07, 6.45) is 1.95. The Morgan fingerprint density at radius 2 is 1.76 bits per heavy atom. The molecule has 0 aliphatic carbocycles. The molecule has 0 bridgehead atoms. The van der Waals surface area contributed by atoms with Gasteiger partial charge in [-0.1, -0.05) is 47.5 Å². The Labute approximate surface area is 127 Å². The highest BCUT2D eigenvalue weighted by atomic mass is 16.1. The fraction of sp³-hybridized carbons (Fsp3) is 0.316. The molecule has 0 aliphatic rings. The van der Waals surface area contributed by atoms with E-state index >= 15 is 0 Å². The fourth-order valence-electron chi connectivity index (χ4n) is 2.44. The second kappa shape index (κ2) is 7.07. The van der Waals surface area contributed by atoms with Crippen molar-refractivity contribution in [1.82, 2.24) is 5.32 Å². The van der Waals surface area contributed by atoms with E-state index < -0.39 is 0 Å². The average Bonchev–Trinajstić information content (AvgIpc) is 2.46. The lowest BCUT2D eigenvalue weighted by molar-refractivity contribution is 0.0952. The van der Waals surface area contributed by atoms with Crippen molar-refractivity contribution in [3.8, 4) is 0 Å². The van der Waals surface area contributed by atoms with Gasteiger partial charge in [-0.05, 0) is 50.8 Å². The van der Waals surface area contributed by atoms with Crippen LogP contribution in [0.3, 0.4) is 0 Å². The van der Waals surface area contributed by atoms with Crippen molar-refractivity contribution in [1.29, 1.82) is 0 Å². The van der Waals surface area contributed by atoms with Gasteiger partial charge in [0.1, 0.15) is 0 Å². The monoisotopic (exact) mass is 281 g/mol. The van der Waals surface area contributed by atoms with E-state index in [4.69, 9.17) is 0 Å². The molecule has 2 heteroatoms. The van der Waals surface area contributed by atoms with Crippen LogP contribution >= 0.6 is 0 Å². The van der Waals surface area contributed by atoms with Crippen LogP contribution < -0.4 is 5.32 Å². The third-order valence-corrected chi connectivity index (χ3v) is 3.65. The first-order chi connectivity index (χ1) is 10.1. The van der Waals surface area contributed by atoms with Crippen LogP contribution in [0.15, 0.2) is 42.5 Å². The molecule has 0 spiro atoms. The smallest absolute Gasteiger partial charge is 0.251 e. The quantitative estimate of drug-likeness (QED) is 0.825. The predicted molar refractivity (Wildman–Crippen MR) is 87.7 cm³/mol. The minimum atomic E-state index is 0.0282. The van der Waals surface area contributed by atoms with Crippen molar-refractivity contribution >= 4 is 5.91 Å². The van der Waals surface area contributed by atoms with Crippen LogP contribution in [0.1, 0.15) is 39.0 Å². The summed E-state index contributed by atoms with van der Waals surface area (Å²) in [5.74, 6) is 0.0282. The third kappa shape index (κ3) is 4.45. The van der Waals surface area contributed by atoms with E-state index in [9.17, 15) is 4.79 Å². The maximum absolute atomic E-state index is 12.2. The standard InChI is InChI=1S/C19H23NO/c1-14-6-4-7-17(12-14)8-5-11-20-19(21)18-13-15(2)9-10-16(18)3/h4,6-7,9-10,12-13H,5,8,11H2,1-3H3,(H,20,21). The normalized spacial score (nSPS) is 10.4. The largest absolute Gasteiger partial charge is 0.352 e. The van der Waals surface area contributed by atoms with Gasteiger partial charge in [-0.2, -0.15) is 0 Å². The number of carbonyl (C=O) groups excluding carboxylic acids is 1. The molecular formula is C19H23NO. The van der Waals surface area contributed by atoms with Crippen LogP contribution in [0, 0.1) is 20.8 Å². The Balaban J connectivity index is 1.83. The zero-order valence-corrected chi connectivity index (χ0v) is 13.1. The summed E-state index contributed by atoms with van der Waals surface area (Å²) in [6, 6.07) is 14.5. The van der Waals surface area contributed by atoms with E-state index in [0.717, 1.165) is 29.5 Å². The van der Waals surface area contributed by atoms with Crippen molar-refractivity contribution in [2.24, 2.45) is 0 Å². The number of nitrogens with one attached hydrogen (secondary N) is 1. The number of amides is 1. The molecule has 0 aromatic heterocycles. The van der Waals surface area contributed by atoms with E-state index in [1.807, 2.05) is 32.0 Å². The lowest BCUT2D eigenvalue weighted by atomic mass is 10.0. The van der Waals surface area contributed by atoms with E-state index in [2.05, 4.69) is 36.5 Å². The van der Waals surface area contributed by atoms with E-state index in [-0.39, 0.29) is 5.91 Å². The molecule has 0 saturated carbocycles. The number of benzene rings is 2. The summed E-state index contributed by atoms with van der Waals surface area (Å²) in [6.45, 7) is 6.79. The van der Waals surface area contributed by atoms with Crippen LogP contribution in [-0.4, -0.2) is 12.5 Å². The molecule has 21 heavy (non-hydrogen) atoms. The van der Waals surface area contributed by atoms with Crippen LogP contribution in [0.25, 0.3) is 0 Å². The molecule has 2 nitrogen and oxygen atoms in total. The van der Waals surface area contributed by atoms with Gasteiger partial charge in [0.05, 0.1) is 0 Å². The zero-order chi connectivity index (χ0) is 15.2. The first kappa shape index (κ1) is 15.3. The van der Waals surface area contributed by atoms with Gasteiger partial charge < -0.3 is 5.32 Å². The van der Waals surface area contributed by atoms with Crippen molar-refractivity contribution in [2.75, 3.05) is 6.54 Å². The van der Waals surface area contributed by atoms with Crippen molar-refractivity contribution in [3.05, 3.63) is 70.3 Å². The lowest BCUT2D eigenvalue weighted by Gasteiger charge is -2.09. The minimum absolute atomic E-state index is 0.0282. The second-order valence-corrected chi connectivity index (χ2v) is 5.67. The van der Waals surface area contributed by atoms with Gasteiger partial charge >= 0.3 is 0 Å². The maximum atomic E-state index is 12.2. The summed E-state index contributed by atoms with van der Waals surface area (Å²) < 4.78 is 0. The van der Waals surface area contributed by atoms with Gasteiger partial charge in [-0.3, -0.25) is 4.79 Å². The summed E-state index contributed by atoms with van der Waals surface area (Å²) in [4.78, 5) is 12.2. The first-order valence-electron chi connectivity index (χ1n) is 7.47. The summed E-state index contributed by atoms with van der Waals surface area (Å²) in [5.41, 5.74) is 5.54. The van der Waals surface area contributed by atoms with Crippen molar-refractivity contribution in [2.45, 2.75) is 33.6 Å². The van der Waals surface area contributed by atoms with Crippen molar-refractivity contribution < 1.29 is 4.79 Å². The van der Waals surface area contributed by atoms with E-state index in [0.29, 0.717) is 6.54 Å². The topological polar surface area (TPSA) is 29.1 Å². The molecule has 0 heterocycles. The third-order valence-electron chi connectivity index (χ3n) is 3.65. The van der Waals surface area contributed by atoms with Gasteiger partial charge in [0.25, 0.3) is 5.91 Å². The molecule has 0 saturated heterocycles. The average molecular weight is 281 g/mol. The van der Waals surface area contributed by atoms with Gasteiger partial charge in [-0.25, -0.2) is 0 Å². The molecule has 1 N–H and O–H groups in total. The Hall–Kier alpha value is -2.09. The summed E-state index contributed by atoms with van der Waals surface area (Å²) in [5, 5.41) is 3.01. The molecule has 0 radical (unpaired) electrons. The SMILES string of the molecule is Cc1cccc(CCCNC(=O)c2cc(C)ccc2C)c1. The van der Waals surface area contributed by atoms with Gasteiger partial charge in [-0.15, -0.1) is 0 Å². The highest BCUT2D eigenvalue weighted by molar-refractivity contribution is 5.95.